The van der Waals surface area contributed by atoms with Crippen molar-refractivity contribution in [3.05, 3.63) is 33.8 Å². The molecule has 1 aromatic rings. The van der Waals surface area contributed by atoms with Crippen LogP contribution in [0.25, 0.3) is 0 Å². The molecule has 0 heterocycles. The van der Waals surface area contributed by atoms with E-state index < -0.39 is 11.8 Å². The molecule has 0 unspecified atom stereocenters. The molecule has 1 rings (SSSR count). The standard InChI is InChI=1S/C11H10Cl2O3/c1-2-16-10(15)6-9(14)11-7(12)4-3-5-8(11)13/h3-5H,2,6H2,1H3. The Bertz CT molecular complexity index is 395. The molecule has 16 heavy (non-hydrogen) atoms. The van der Waals surface area contributed by atoms with E-state index in [1.807, 2.05) is 0 Å². The molecule has 0 amide bonds. The van der Waals surface area contributed by atoms with Gasteiger partial charge in [0, 0.05) is 0 Å². The molecule has 0 aromatic heterocycles. The Labute approximate surface area is 103 Å². The van der Waals surface area contributed by atoms with Gasteiger partial charge < -0.3 is 4.74 Å². The fraction of sp³-hybridized carbons (Fsp3) is 0.273. The van der Waals surface area contributed by atoms with Crippen LogP contribution in [0, 0.1) is 0 Å². The van der Waals surface area contributed by atoms with E-state index in [2.05, 4.69) is 4.74 Å². The van der Waals surface area contributed by atoms with Crippen molar-refractivity contribution in [3.8, 4) is 0 Å². The van der Waals surface area contributed by atoms with Gasteiger partial charge in [0.2, 0.25) is 0 Å². The molecule has 0 fully saturated rings. The highest BCUT2D eigenvalue weighted by Gasteiger charge is 2.18. The molecule has 0 saturated carbocycles. The molecular weight excluding hydrogens is 251 g/mol. The maximum atomic E-state index is 11.7. The van der Waals surface area contributed by atoms with Crippen molar-refractivity contribution in [2.75, 3.05) is 6.61 Å². The van der Waals surface area contributed by atoms with Gasteiger partial charge in [-0.1, -0.05) is 29.3 Å². The average molecular weight is 261 g/mol. The van der Waals surface area contributed by atoms with Crippen LogP contribution in [0.3, 0.4) is 0 Å². The fourth-order valence-electron chi connectivity index (χ4n) is 1.20. The van der Waals surface area contributed by atoms with Crippen LogP contribution in [0.5, 0.6) is 0 Å². The molecule has 0 aliphatic heterocycles. The number of ether oxygens (including phenoxy) is 1. The van der Waals surface area contributed by atoms with Crippen LogP contribution < -0.4 is 0 Å². The predicted molar refractivity (Wildman–Crippen MR) is 62.0 cm³/mol. The molecule has 0 aliphatic rings. The van der Waals surface area contributed by atoms with E-state index in [1.165, 1.54) is 0 Å². The summed E-state index contributed by atoms with van der Waals surface area (Å²) in [7, 11) is 0. The second kappa shape index (κ2) is 5.87. The maximum Gasteiger partial charge on any atom is 0.313 e. The van der Waals surface area contributed by atoms with Gasteiger partial charge in [-0.3, -0.25) is 9.59 Å². The van der Waals surface area contributed by atoms with E-state index >= 15 is 0 Å². The summed E-state index contributed by atoms with van der Waals surface area (Å²) in [5.41, 5.74) is 0.166. The van der Waals surface area contributed by atoms with Crippen LogP contribution in [0.2, 0.25) is 10.0 Å². The SMILES string of the molecule is CCOC(=O)CC(=O)c1c(Cl)cccc1Cl. The summed E-state index contributed by atoms with van der Waals surface area (Å²) in [6.07, 6.45) is -0.350. The van der Waals surface area contributed by atoms with E-state index in [-0.39, 0.29) is 28.6 Å². The molecule has 0 radical (unpaired) electrons. The Kier molecular flexibility index (Phi) is 4.77. The molecule has 1 aromatic carbocycles. The third-order valence-corrected chi connectivity index (χ3v) is 2.48. The smallest absolute Gasteiger partial charge is 0.313 e. The second-order valence-electron chi connectivity index (χ2n) is 3.00. The molecule has 3 nitrogen and oxygen atoms in total. The summed E-state index contributed by atoms with van der Waals surface area (Å²) in [6, 6.07) is 4.73. The maximum absolute atomic E-state index is 11.7. The number of esters is 1. The third-order valence-electron chi connectivity index (χ3n) is 1.85. The minimum Gasteiger partial charge on any atom is -0.466 e. The van der Waals surface area contributed by atoms with E-state index in [1.54, 1.807) is 25.1 Å². The van der Waals surface area contributed by atoms with Gasteiger partial charge in [-0.2, -0.15) is 0 Å². The Morgan fingerprint density at radius 2 is 1.81 bits per heavy atom. The quantitative estimate of drug-likeness (QED) is 0.475. The summed E-state index contributed by atoms with van der Waals surface area (Å²) in [4.78, 5) is 22.8. The zero-order valence-electron chi connectivity index (χ0n) is 8.63. The van der Waals surface area contributed by atoms with E-state index in [0.29, 0.717) is 0 Å². The lowest BCUT2D eigenvalue weighted by atomic mass is 10.1. The van der Waals surface area contributed by atoms with Gasteiger partial charge in [0.25, 0.3) is 0 Å². The monoisotopic (exact) mass is 260 g/mol. The highest BCUT2D eigenvalue weighted by Crippen LogP contribution is 2.25. The highest BCUT2D eigenvalue weighted by atomic mass is 35.5. The molecule has 86 valence electrons. The number of halogens is 2. The minimum absolute atomic E-state index is 0.166. The number of carbonyl (C=O) groups excluding carboxylic acids is 2. The van der Waals surface area contributed by atoms with Crippen molar-refractivity contribution in [1.82, 2.24) is 0 Å². The molecule has 0 N–H and O–H groups in total. The van der Waals surface area contributed by atoms with Gasteiger partial charge >= 0.3 is 5.97 Å². The molecule has 5 heteroatoms. The molecule has 0 spiro atoms. The number of hydrogen-bond donors (Lipinski definition) is 0. The highest BCUT2D eigenvalue weighted by molar-refractivity contribution is 6.40. The van der Waals surface area contributed by atoms with Crippen LogP contribution in [-0.4, -0.2) is 18.4 Å². The first kappa shape index (κ1) is 13.0. The van der Waals surface area contributed by atoms with Crippen LogP contribution in [0.1, 0.15) is 23.7 Å². The van der Waals surface area contributed by atoms with Gasteiger partial charge in [0.05, 0.1) is 22.2 Å². The Morgan fingerprint density at radius 3 is 2.31 bits per heavy atom. The first-order valence-electron chi connectivity index (χ1n) is 4.69. The summed E-state index contributed by atoms with van der Waals surface area (Å²) in [6.45, 7) is 1.91. The number of hydrogen-bond acceptors (Lipinski definition) is 3. The third kappa shape index (κ3) is 3.22. The van der Waals surface area contributed by atoms with Crippen LogP contribution in [0.15, 0.2) is 18.2 Å². The first-order valence-corrected chi connectivity index (χ1v) is 5.44. The zero-order valence-corrected chi connectivity index (χ0v) is 10.1. The Balaban J connectivity index is 2.85. The number of rotatable bonds is 4. The lowest BCUT2D eigenvalue weighted by Crippen LogP contribution is -2.12. The van der Waals surface area contributed by atoms with Gasteiger partial charge in [0.15, 0.2) is 5.78 Å². The van der Waals surface area contributed by atoms with Crippen molar-refractivity contribution in [2.45, 2.75) is 13.3 Å². The molecule has 0 bridgehead atoms. The van der Waals surface area contributed by atoms with Crippen LogP contribution in [-0.2, 0) is 9.53 Å². The van der Waals surface area contributed by atoms with E-state index in [4.69, 9.17) is 23.2 Å². The number of carbonyl (C=O) groups is 2. The zero-order chi connectivity index (χ0) is 12.1. The van der Waals surface area contributed by atoms with Crippen molar-refractivity contribution in [3.63, 3.8) is 0 Å². The summed E-state index contributed by atoms with van der Waals surface area (Å²) < 4.78 is 4.67. The summed E-state index contributed by atoms with van der Waals surface area (Å²) in [5.74, 6) is -1.02. The van der Waals surface area contributed by atoms with Crippen molar-refractivity contribution in [2.24, 2.45) is 0 Å². The van der Waals surface area contributed by atoms with Gasteiger partial charge in [-0.05, 0) is 19.1 Å². The molecule has 0 aliphatic carbocycles. The summed E-state index contributed by atoms with van der Waals surface area (Å²) in [5, 5.41) is 0.476. The Hall–Kier alpha value is -1.06. The lowest BCUT2D eigenvalue weighted by Gasteiger charge is -2.05. The molecule has 0 atom stereocenters. The first-order chi connectivity index (χ1) is 7.56. The fourth-order valence-corrected chi connectivity index (χ4v) is 1.80. The van der Waals surface area contributed by atoms with Crippen molar-refractivity contribution in [1.29, 1.82) is 0 Å². The van der Waals surface area contributed by atoms with Crippen LogP contribution >= 0.6 is 23.2 Å². The van der Waals surface area contributed by atoms with Crippen molar-refractivity contribution < 1.29 is 14.3 Å². The molecule has 0 saturated heterocycles. The van der Waals surface area contributed by atoms with Crippen LogP contribution in [0.4, 0.5) is 0 Å². The van der Waals surface area contributed by atoms with E-state index in [0.717, 1.165) is 0 Å². The van der Waals surface area contributed by atoms with Crippen molar-refractivity contribution >= 4 is 35.0 Å². The topological polar surface area (TPSA) is 43.4 Å². The van der Waals surface area contributed by atoms with Gasteiger partial charge in [-0.25, -0.2) is 0 Å². The summed E-state index contributed by atoms with van der Waals surface area (Å²) >= 11 is 11.7. The number of benzene rings is 1. The number of ketones is 1. The molecular formula is C11H10Cl2O3. The average Bonchev–Trinajstić information content (AvgIpc) is 2.17. The normalized spacial score (nSPS) is 9.94. The predicted octanol–water partition coefficient (Wildman–Crippen LogP) is 3.13. The van der Waals surface area contributed by atoms with Gasteiger partial charge in [0.1, 0.15) is 6.42 Å². The minimum atomic E-state index is -0.580. The van der Waals surface area contributed by atoms with E-state index in [9.17, 15) is 9.59 Å². The Morgan fingerprint density at radius 1 is 1.25 bits per heavy atom. The second-order valence-corrected chi connectivity index (χ2v) is 3.82. The largest absolute Gasteiger partial charge is 0.466 e. The number of Topliss-reactive ketones (excluding diaryl/α,β-unsaturated/α-hetero) is 1. The van der Waals surface area contributed by atoms with Gasteiger partial charge in [-0.15, -0.1) is 0 Å². The lowest BCUT2D eigenvalue weighted by molar-refractivity contribution is -0.141.